The Morgan fingerprint density at radius 3 is 1.30 bits per heavy atom. The highest BCUT2D eigenvalue weighted by Crippen LogP contribution is 2.40. The number of esters is 1. The van der Waals surface area contributed by atoms with Crippen molar-refractivity contribution in [2.45, 2.75) is 318 Å². The lowest BCUT2D eigenvalue weighted by Gasteiger charge is -2.28. The largest absolute Gasteiger partial charge is 0.465 e. The van der Waals surface area contributed by atoms with Crippen LogP contribution in [0.1, 0.15) is 354 Å². The average Bonchev–Trinajstić information content (AvgIpc) is 1.38. The number of ketones is 1. The predicted octanol–water partition coefficient (Wildman–Crippen LogP) is 34.3. The van der Waals surface area contributed by atoms with Gasteiger partial charge in [-0.15, -0.1) is 11.6 Å². The highest BCUT2D eigenvalue weighted by Gasteiger charge is 2.48. The molecule has 644 valence electrons. The summed E-state index contributed by atoms with van der Waals surface area (Å²) in [5.74, 6) is 1.16. The zero-order valence-corrected chi connectivity index (χ0v) is 80.0. The van der Waals surface area contributed by atoms with E-state index in [0.29, 0.717) is 44.0 Å². The first-order valence-electron chi connectivity index (χ1n) is 42.3. The van der Waals surface area contributed by atoms with Gasteiger partial charge in [-0.25, -0.2) is 4.79 Å². The summed E-state index contributed by atoms with van der Waals surface area (Å²) in [6.07, 6.45) is 5.37. The number of benzene rings is 8. The molecule has 0 aliphatic heterocycles. The Bertz CT molecular complexity index is 3780. The van der Waals surface area contributed by atoms with E-state index in [1.54, 1.807) is 53.3 Å². The molecule has 0 saturated heterocycles. The molecule has 0 radical (unpaired) electrons. The molecule has 115 heavy (non-hydrogen) atoms. The quantitative estimate of drug-likeness (QED) is 0.0743. The van der Waals surface area contributed by atoms with Crippen molar-refractivity contribution >= 4 is 57.5 Å². The van der Waals surface area contributed by atoms with Crippen molar-refractivity contribution < 1.29 is 37.0 Å². The first-order valence-corrected chi connectivity index (χ1v) is 43.4. The van der Waals surface area contributed by atoms with E-state index < -0.39 is 30.0 Å². The minimum atomic E-state index is -4.20. The molecule has 1 N–H and O–H groups in total. The second-order valence-corrected chi connectivity index (χ2v) is 29.7. The molecular weight excluding hydrogens is 1490 g/mol. The van der Waals surface area contributed by atoms with Crippen LogP contribution in [-0.2, 0) is 38.7 Å². The van der Waals surface area contributed by atoms with Gasteiger partial charge in [0.25, 0.3) is 0 Å². The number of furan rings is 1. The number of nitriles is 1. The van der Waals surface area contributed by atoms with Crippen molar-refractivity contribution in [1.29, 1.82) is 5.26 Å². The number of halogens is 6. The Labute approximate surface area is 716 Å². The standard InChI is InChI=1S/C14H20.C13H16O4.C12H14O.C10H11F3.C10H11N.C10H14.C9H10Cl2.C9H11Cl.8C2H6/c1-3-11(2)13-10-6-8-12-7-4-5-9-14(12)13;1-8(2)9-4-10(12(15)7-14)6-11(5-9)13(16)17-3;1-3-9(2)11-5-4-10-6-7-13-12(10)8-11;1-9(2,10(11,12)13)8-6-4-3-5-7-8;1-10(2,8-11)9-6-4-3-5-7-9;1-10(2,3)9-7-5-4-6-8-9;1-6(2)7-3-4-8(10)9(11)5-7;1-9(2,10)8-6-4-3-5-7-8;8*1-2/h6,8,10-11H,3-5,7,9H2,1-2H3;4-6,8,14H,7H2,1-3H3;4-9H,3H2,1-2H3;3-7H,1-2H3;3-7H,1-2H3;4-8H,1-3H3;3-6H,1-2H3;3-7H,1-2H3;8*1-2H3. The van der Waals surface area contributed by atoms with Gasteiger partial charge in [0.2, 0.25) is 0 Å². The minimum absolute atomic E-state index is 0.185. The van der Waals surface area contributed by atoms with Crippen molar-refractivity contribution in [2.75, 3.05) is 13.7 Å². The maximum Gasteiger partial charge on any atom is 0.397 e. The van der Waals surface area contributed by atoms with Gasteiger partial charge in [-0.05, 0) is 207 Å². The molecule has 10 rings (SSSR count). The third-order valence-corrected chi connectivity index (χ3v) is 18.4. The van der Waals surface area contributed by atoms with Gasteiger partial charge < -0.3 is 14.3 Å². The highest BCUT2D eigenvalue weighted by molar-refractivity contribution is 6.42. The van der Waals surface area contributed by atoms with Crippen molar-refractivity contribution in [1.82, 2.24) is 0 Å². The van der Waals surface area contributed by atoms with Gasteiger partial charge in [-0.1, -0.05) is 368 Å². The fraction of sp³-hybridized carbons (Fsp3) is 0.485. The molecular formula is C103H155Cl3F3NO5. The van der Waals surface area contributed by atoms with Crippen molar-refractivity contribution in [3.8, 4) is 6.07 Å². The topological polar surface area (TPSA) is 101 Å². The van der Waals surface area contributed by atoms with Gasteiger partial charge in [0.1, 0.15) is 12.2 Å². The van der Waals surface area contributed by atoms with Crippen LogP contribution < -0.4 is 0 Å². The van der Waals surface area contributed by atoms with Gasteiger partial charge >= 0.3 is 12.1 Å². The van der Waals surface area contributed by atoms with Crippen LogP contribution in [0.5, 0.6) is 0 Å². The van der Waals surface area contributed by atoms with Crippen LogP contribution >= 0.6 is 34.8 Å². The molecule has 0 saturated carbocycles. The number of hydrogen-bond acceptors (Lipinski definition) is 6. The Morgan fingerprint density at radius 2 is 0.913 bits per heavy atom. The van der Waals surface area contributed by atoms with Crippen LogP contribution in [0, 0.1) is 11.3 Å². The van der Waals surface area contributed by atoms with Crippen LogP contribution in [0.25, 0.3) is 11.0 Å². The molecule has 1 aromatic heterocycles. The fourth-order valence-corrected chi connectivity index (χ4v) is 10.5. The van der Waals surface area contributed by atoms with Crippen LogP contribution in [0.2, 0.25) is 10.0 Å². The Kier molecular flexibility index (Phi) is 69.6. The van der Waals surface area contributed by atoms with Gasteiger partial charge in [-0.2, -0.15) is 18.4 Å². The number of Topliss-reactive ketones (excluding diaryl/α,β-unsaturated/α-hetero) is 1. The van der Waals surface area contributed by atoms with Crippen molar-refractivity contribution in [3.05, 3.63) is 283 Å². The number of nitrogens with zero attached hydrogens (tertiary/aromatic N) is 1. The number of alkyl halides is 4. The number of carbonyl (C=O) groups excluding carboxylic acids is 2. The molecule has 6 nitrogen and oxygen atoms in total. The van der Waals surface area contributed by atoms with Crippen LogP contribution in [0.4, 0.5) is 13.2 Å². The molecule has 9 aromatic rings. The molecule has 1 aliphatic carbocycles. The van der Waals surface area contributed by atoms with Gasteiger partial charge in [0.15, 0.2) is 5.78 Å². The molecule has 0 fully saturated rings. The smallest absolute Gasteiger partial charge is 0.397 e. The number of hydrogen-bond donors (Lipinski definition) is 1. The lowest BCUT2D eigenvalue weighted by molar-refractivity contribution is -0.180. The Balaban J connectivity index is -0.000000289. The van der Waals surface area contributed by atoms with E-state index in [4.69, 9.17) is 49.6 Å². The van der Waals surface area contributed by atoms with Gasteiger partial charge in [0, 0.05) is 10.9 Å². The number of fused-ring (bicyclic) bond motifs is 2. The van der Waals surface area contributed by atoms with Crippen molar-refractivity contribution in [2.24, 2.45) is 0 Å². The minimum Gasteiger partial charge on any atom is -0.465 e. The number of ether oxygens (including phenoxy) is 1. The van der Waals surface area contributed by atoms with Gasteiger partial charge in [0.05, 0.1) is 50.8 Å². The normalized spacial score (nSPS) is 11.1. The molecule has 1 aliphatic rings. The summed E-state index contributed by atoms with van der Waals surface area (Å²) in [6.45, 7) is 65.5. The Morgan fingerprint density at radius 1 is 0.487 bits per heavy atom. The molecule has 1 heterocycles. The predicted molar refractivity (Wildman–Crippen MR) is 502 cm³/mol. The third-order valence-electron chi connectivity index (χ3n) is 17.4. The summed E-state index contributed by atoms with van der Waals surface area (Å²) < 4.78 is 47.5. The van der Waals surface area contributed by atoms with Gasteiger partial charge in [-0.3, -0.25) is 4.79 Å². The maximum absolute atomic E-state index is 12.5. The maximum atomic E-state index is 12.5. The summed E-state index contributed by atoms with van der Waals surface area (Å²) in [5, 5.41) is 20.1. The first kappa shape index (κ1) is 118. The molecule has 2 atom stereocenters. The SMILES string of the molecule is CC.CC.CC.CC.CC.CC.CC.CC.CC(C)(C#N)c1ccccc1.CC(C)(C)c1ccccc1.CC(C)(Cl)c1ccccc1.CC(C)(c1ccccc1)C(F)(F)F.CC(C)c1ccc(Cl)c(Cl)c1.CCC(C)c1ccc2ccoc2c1.CCC(C)c1cccc2c1CCCC2.COC(=O)c1cc(C(=O)CO)cc(C(C)C)c1. The monoisotopic (exact) mass is 1650 g/mol. The molecule has 0 bridgehead atoms. The lowest BCUT2D eigenvalue weighted by Crippen LogP contribution is -2.36. The third kappa shape index (κ3) is 46.9. The number of carbonyl (C=O) groups is 2. The lowest BCUT2D eigenvalue weighted by atomic mass is 9.83. The number of aliphatic hydroxyl groups is 1. The Hall–Kier alpha value is -7.45. The zero-order valence-electron chi connectivity index (χ0n) is 77.7. The summed E-state index contributed by atoms with van der Waals surface area (Å²) in [4.78, 5) is 22.7. The van der Waals surface area contributed by atoms with Crippen LogP contribution in [0.3, 0.4) is 0 Å². The molecule has 8 aromatic carbocycles. The zero-order chi connectivity index (χ0) is 90.3. The first-order chi connectivity index (χ1) is 54.5. The molecule has 0 amide bonds. The number of aliphatic hydroxyl groups excluding tert-OH is 1. The second kappa shape index (κ2) is 67.6. The van der Waals surface area contributed by atoms with E-state index in [1.165, 1.54) is 99.8 Å². The van der Waals surface area contributed by atoms with E-state index in [1.807, 2.05) is 237 Å². The van der Waals surface area contributed by atoms with E-state index in [0.717, 1.165) is 28.2 Å². The number of rotatable bonds is 12. The van der Waals surface area contributed by atoms with E-state index in [2.05, 4.69) is 140 Å². The molecule has 0 spiro atoms. The van der Waals surface area contributed by atoms with Crippen LogP contribution in [0.15, 0.2) is 211 Å². The average molecular weight is 1650 g/mol. The fourth-order valence-electron chi connectivity index (χ4n) is 10.1. The second-order valence-electron chi connectivity index (χ2n) is 28.0. The summed E-state index contributed by atoms with van der Waals surface area (Å²) in [5.41, 5.74) is 12.1. The van der Waals surface area contributed by atoms with E-state index in [-0.39, 0.29) is 16.2 Å². The van der Waals surface area contributed by atoms with E-state index in [9.17, 15) is 22.8 Å². The molecule has 2 unspecified atom stereocenters. The van der Waals surface area contributed by atoms with Crippen LogP contribution in [-0.4, -0.2) is 36.8 Å². The summed E-state index contributed by atoms with van der Waals surface area (Å²) >= 11 is 17.6. The molecule has 12 heteroatoms. The summed E-state index contributed by atoms with van der Waals surface area (Å²) in [7, 11) is 1.29. The number of methoxy groups -OCH3 is 1. The highest BCUT2D eigenvalue weighted by atomic mass is 35.5. The van der Waals surface area contributed by atoms with E-state index >= 15 is 0 Å². The van der Waals surface area contributed by atoms with Crippen molar-refractivity contribution in [3.63, 3.8) is 0 Å². The summed E-state index contributed by atoms with van der Waals surface area (Å²) in [6, 6.07) is 66.5. The number of aryl methyl sites for hydroxylation is 1.